The zero-order valence-corrected chi connectivity index (χ0v) is 21.4. The van der Waals surface area contributed by atoms with Gasteiger partial charge in [-0.2, -0.15) is 0 Å². The minimum Gasteiger partial charge on any atom is -0.493 e. The monoisotopic (exact) mass is 500 g/mol. The Morgan fingerprint density at radius 2 is 1.86 bits per heavy atom. The molecule has 2 aromatic carbocycles. The SMILES string of the molecule is CCCCc1ncc(C(O)C(Cc2ccc(OC)c(OC)c2)C(=O)OC)n1Cc1ccccc1Cl. The predicted octanol–water partition coefficient (Wildman–Crippen LogP) is 5.01. The number of aliphatic hydroxyl groups is 1. The lowest BCUT2D eigenvalue weighted by Gasteiger charge is -2.23. The van der Waals surface area contributed by atoms with Crippen LogP contribution in [-0.2, 0) is 28.9 Å². The molecule has 0 radical (unpaired) electrons. The van der Waals surface area contributed by atoms with E-state index in [4.69, 9.17) is 25.8 Å². The minimum absolute atomic E-state index is 0.246. The van der Waals surface area contributed by atoms with E-state index >= 15 is 0 Å². The fraction of sp³-hybridized carbons (Fsp3) is 0.407. The fourth-order valence-corrected chi connectivity index (χ4v) is 4.32. The number of hydrogen-bond donors (Lipinski definition) is 1. The number of ether oxygens (including phenoxy) is 3. The van der Waals surface area contributed by atoms with Crippen LogP contribution in [0.3, 0.4) is 0 Å². The summed E-state index contributed by atoms with van der Waals surface area (Å²) in [7, 11) is 4.44. The molecule has 188 valence electrons. The fourth-order valence-electron chi connectivity index (χ4n) is 4.12. The summed E-state index contributed by atoms with van der Waals surface area (Å²) in [6.45, 7) is 2.56. The van der Waals surface area contributed by atoms with Gasteiger partial charge in [0, 0.05) is 11.4 Å². The second kappa shape index (κ2) is 12.6. The maximum Gasteiger partial charge on any atom is 0.312 e. The number of imidazole rings is 1. The number of carbonyl (C=O) groups is 1. The van der Waals surface area contributed by atoms with E-state index in [1.165, 1.54) is 7.11 Å². The van der Waals surface area contributed by atoms with Gasteiger partial charge in [-0.15, -0.1) is 0 Å². The van der Waals surface area contributed by atoms with Crippen LogP contribution in [0.4, 0.5) is 0 Å². The van der Waals surface area contributed by atoms with Gasteiger partial charge in [-0.05, 0) is 42.2 Å². The van der Waals surface area contributed by atoms with Gasteiger partial charge in [-0.3, -0.25) is 4.79 Å². The third-order valence-electron chi connectivity index (χ3n) is 6.10. The van der Waals surface area contributed by atoms with Gasteiger partial charge in [0.2, 0.25) is 0 Å². The lowest BCUT2D eigenvalue weighted by atomic mass is 9.92. The summed E-state index contributed by atoms with van der Waals surface area (Å²) in [5.74, 6) is 0.626. The molecule has 35 heavy (non-hydrogen) atoms. The second-order valence-corrected chi connectivity index (χ2v) is 8.76. The van der Waals surface area contributed by atoms with Crippen molar-refractivity contribution in [2.75, 3.05) is 21.3 Å². The normalized spacial score (nSPS) is 12.7. The van der Waals surface area contributed by atoms with Crippen LogP contribution < -0.4 is 9.47 Å². The van der Waals surface area contributed by atoms with Crippen LogP contribution in [0.2, 0.25) is 5.02 Å². The van der Waals surface area contributed by atoms with Crippen molar-refractivity contribution in [3.63, 3.8) is 0 Å². The number of carbonyl (C=O) groups excluding carboxylic acids is 1. The molecule has 8 heteroatoms. The van der Waals surface area contributed by atoms with Gasteiger partial charge in [-0.25, -0.2) is 4.98 Å². The van der Waals surface area contributed by atoms with Gasteiger partial charge in [0.05, 0.1) is 45.7 Å². The molecule has 3 aromatic rings. The molecule has 0 aliphatic rings. The smallest absolute Gasteiger partial charge is 0.312 e. The Morgan fingerprint density at radius 1 is 1.11 bits per heavy atom. The molecule has 7 nitrogen and oxygen atoms in total. The summed E-state index contributed by atoms with van der Waals surface area (Å²) in [6, 6.07) is 13.0. The van der Waals surface area contributed by atoms with E-state index in [-0.39, 0.29) is 6.42 Å². The lowest BCUT2D eigenvalue weighted by Crippen LogP contribution is -2.28. The van der Waals surface area contributed by atoms with Gasteiger partial charge in [0.25, 0.3) is 0 Å². The van der Waals surface area contributed by atoms with Crippen molar-refractivity contribution in [1.82, 2.24) is 9.55 Å². The van der Waals surface area contributed by atoms with E-state index in [1.54, 1.807) is 32.5 Å². The number of methoxy groups -OCH3 is 3. The molecule has 1 N–H and O–H groups in total. The number of rotatable bonds is 12. The van der Waals surface area contributed by atoms with Crippen molar-refractivity contribution in [1.29, 1.82) is 0 Å². The summed E-state index contributed by atoms with van der Waals surface area (Å²) < 4.78 is 17.7. The van der Waals surface area contributed by atoms with Gasteiger partial charge in [0.1, 0.15) is 11.9 Å². The van der Waals surface area contributed by atoms with E-state index in [0.29, 0.717) is 28.8 Å². The Hall–Kier alpha value is -3.03. The van der Waals surface area contributed by atoms with Crippen LogP contribution in [-0.4, -0.2) is 42.0 Å². The van der Waals surface area contributed by atoms with Crippen molar-refractivity contribution >= 4 is 17.6 Å². The Balaban J connectivity index is 1.98. The molecule has 1 heterocycles. The molecule has 0 aliphatic carbocycles. The quantitative estimate of drug-likeness (QED) is 0.352. The third-order valence-corrected chi connectivity index (χ3v) is 6.47. The first kappa shape index (κ1) is 26.6. The summed E-state index contributed by atoms with van der Waals surface area (Å²) >= 11 is 6.43. The number of aliphatic hydroxyl groups excluding tert-OH is 1. The zero-order valence-electron chi connectivity index (χ0n) is 20.7. The number of halogens is 1. The van der Waals surface area contributed by atoms with Crippen LogP contribution in [0.25, 0.3) is 0 Å². The highest BCUT2D eigenvalue weighted by molar-refractivity contribution is 6.31. The lowest BCUT2D eigenvalue weighted by molar-refractivity contribution is -0.149. The van der Waals surface area contributed by atoms with Crippen LogP contribution in [0.15, 0.2) is 48.7 Å². The molecule has 0 saturated carbocycles. The molecule has 2 atom stereocenters. The molecule has 2 unspecified atom stereocenters. The highest BCUT2D eigenvalue weighted by Crippen LogP contribution is 2.33. The molecule has 0 amide bonds. The van der Waals surface area contributed by atoms with Crippen molar-refractivity contribution < 1.29 is 24.1 Å². The van der Waals surface area contributed by atoms with Crippen molar-refractivity contribution in [3.8, 4) is 11.5 Å². The van der Waals surface area contributed by atoms with E-state index in [0.717, 1.165) is 36.2 Å². The van der Waals surface area contributed by atoms with Gasteiger partial charge < -0.3 is 23.9 Å². The second-order valence-electron chi connectivity index (χ2n) is 8.35. The van der Waals surface area contributed by atoms with Crippen LogP contribution in [0, 0.1) is 5.92 Å². The molecule has 0 aliphatic heterocycles. The van der Waals surface area contributed by atoms with E-state index in [9.17, 15) is 9.90 Å². The van der Waals surface area contributed by atoms with Gasteiger partial charge >= 0.3 is 5.97 Å². The van der Waals surface area contributed by atoms with Gasteiger partial charge in [-0.1, -0.05) is 49.2 Å². The van der Waals surface area contributed by atoms with Crippen molar-refractivity contribution in [2.24, 2.45) is 5.92 Å². The minimum atomic E-state index is -1.14. The molecule has 0 fully saturated rings. The van der Waals surface area contributed by atoms with E-state index < -0.39 is 18.0 Å². The number of aromatic nitrogens is 2. The number of unbranched alkanes of at least 4 members (excludes halogenated alkanes) is 1. The maximum atomic E-state index is 12.8. The standard InChI is InChI=1S/C27H33ClN2O5/c1-5-6-11-25-29-16-22(30(25)17-19-9-7-8-10-21(19)28)26(31)20(27(32)35-4)14-18-12-13-23(33-2)24(15-18)34-3/h7-10,12-13,15-16,20,26,31H,5-6,11,14,17H2,1-4H3. The van der Waals surface area contributed by atoms with Crippen LogP contribution in [0.1, 0.15) is 48.5 Å². The Labute approximate surface area is 211 Å². The zero-order chi connectivity index (χ0) is 25.4. The van der Waals surface area contributed by atoms with Crippen LogP contribution in [0.5, 0.6) is 11.5 Å². The average Bonchev–Trinajstić information content (AvgIpc) is 3.28. The Kier molecular flexibility index (Phi) is 9.57. The molecule has 0 bridgehead atoms. The third kappa shape index (κ3) is 6.35. The maximum absolute atomic E-state index is 12.8. The van der Waals surface area contributed by atoms with E-state index in [1.807, 2.05) is 34.9 Å². The number of esters is 1. The topological polar surface area (TPSA) is 82.8 Å². The molecule has 0 spiro atoms. The molecular weight excluding hydrogens is 468 g/mol. The number of aryl methyl sites for hydroxylation is 1. The molecular formula is C27H33ClN2O5. The largest absolute Gasteiger partial charge is 0.493 e. The summed E-state index contributed by atoms with van der Waals surface area (Å²) in [5, 5.41) is 12.1. The first-order chi connectivity index (χ1) is 16.9. The summed E-state index contributed by atoms with van der Waals surface area (Å²) in [4.78, 5) is 17.4. The number of benzene rings is 2. The summed E-state index contributed by atoms with van der Waals surface area (Å²) in [5.41, 5.74) is 2.26. The molecule has 3 rings (SSSR count). The first-order valence-corrected chi connectivity index (χ1v) is 12.1. The van der Waals surface area contributed by atoms with E-state index in [2.05, 4.69) is 11.9 Å². The first-order valence-electron chi connectivity index (χ1n) is 11.7. The molecule has 0 saturated heterocycles. The van der Waals surface area contributed by atoms with Gasteiger partial charge in [0.15, 0.2) is 11.5 Å². The Morgan fingerprint density at radius 3 is 2.51 bits per heavy atom. The number of hydrogen-bond acceptors (Lipinski definition) is 6. The highest BCUT2D eigenvalue weighted by Gasteiger charge is 2.32. The van der Waals surface area contributed by atoms with Crippen molar-refractivity contribution in [2.45, 2.75) is 45.3 Å². The Bertz CT molecular complexity index is 1130. The predicted molar refractivity (Wildman–Crippen MR) is 135 cm³/mol. The van der Waals surface area contributed by atoms with Crippen molar-refractivity contribution in [3.05, 3.63) is 76.3 Å². The van der Waals surface area contributed by atoms with Crippen LogP contribution >= 0.6 is 11.6 Å². The average molecular weight is 501 g/mol. The molecule has 1 aromatic heterocycles. The number of nitrogens with zero attached hydrogens (tertiary/aromatic N) is 2. The summed E-state index contributed by atoms with van der Waals surface area (Å²) in [6.07, 6.45) is 3.49. The highest BCUT2D eigenvalue weighted by atomic mass is 35.5.